The molecule has 21 heavy (non-hydrogen) atoms. The van der Waals surface area contributed by atoms with Crippen molar-refractivity contribution in [3.8, 4) is 0 Å². The van der Waals surface area contributed by atoms with Gasteiger partial charge in [-0.05, 0) is 38.1 Å². The van der Waals surface area contributed by atoms with Crippen LogP contribution in [0.15, 0.2) is 18.2 Å². The lowest BCUT2D eigenvalue weighted by Crippen LogP contribution is -2.35. The van der Waals surface area contributed by atoms with Gasteiger partial charge in [0.25, 0.3) is 0 Å². The number of rotatable bonds is 3. The van der Waals surface area contributed by atoms with Crippen LogP contribution >= 0.6 is 0 Å². The topological polar surface area (TPSA) is 59.7 Å². The highest BCUT2D eigenvalue weighted by molar-refractivity contribution is 5.88. The second-order valence-electron chi connectivity index (χ2n) is 5.39. The van der Waals surface area contributed by atoms with E-state index in [9.17, 15) is 4.79 Å². The smallest absolute Gasteiger partial charge is 0.355 e. The normalized spacial score (nSPS) is 19.8. The monoisotopic (exact) mass is 288 g/mol. The van der Waals surface area contributed by atoms with Gasteiger partial charge < -0.3 is 9.64 Å². The van der Waals surface area contributed by atoms with E-state index in [2.05, 4.69) is 22.0 Å². The maximum atomic E-state index is 12.0. The molecule has 0 aromatic carbocycles. The largest absolute Gasteiger partial charge is 0.464 e. The third-order valence-corrected chi connectivity index (χ3v) is 4.17. The number of aromatic nitrogens is 3. The molecule has 3 heterocycles. The van der Waals surface area contributed by atoms with Gasteiger partial charge in [-0.15, -0.1) is 10.2 Å². The Balaban J connectivity index is 2.04. The van der Waals surface area contributed by atoms with Crippen LogP contribution in [-0.2, 0) is 4.74 Å². The number of esters is 1. The van der Waals surface area contributed by atoms with E-state index in [0.717, 1.165) is 38.3 Å². The van der Waals surface area contributed by atoms with E-state index in [1.54, 1.807) is 12.1 Å². The Bertz CT molecular complexity index is 652. The van der Waals surface area contributed by atoms with Crippen LogP contribution in [-0.4, -0.2) is 52.2 Å². The minimum atomic E-state index is -0.357. The van der Waals surface area contributed by atoms with E-state index in [0.29, 0.717) is 17.3 Å². The minimum Gasteiger partial charge on any atom is -0.464 e. The number of fused-ring (bicyclic) bond motifs is 1. The van der Waals surface area contributed by atoms with Crippen LogP contribution in [0.25, 0.3) is 5.65 Å². The molecule has 1 aliphatic heterocycles. The summed E-state index contributed by atoms with van der Waals surface area (Å²) in [5, 5.41) is 8.55. The fourth-order valence-corrected chi connectivity index (χ4v) is 3.05. The third-order valence-electron chi connectivity index (χ3n) is 4.17. The maximum absolute atomic E-state index is 12.0. The van der Waals surface area contributed by atoms with Gasteiger partial charge in [0, 0.05) is 12.5 Å². The first-order chi connectivity index (χ1) is 10.2. The summed E-state index contributed by atoms with van der Waals surface area (Å²) >= 11 is 0. The highest BCUT2D eigenvalue weighted by atomic mass is 16.5. The first-order valence-corrected chi connectivity index (χ1v) is 7.39. The van der Waals surface area contributed by atoms with Crippen molar-refractivity contribution in [2.24, 2.45) is 0 Å². The number of carbonyl (C=O) groups is 1. The molecule has 3 rings (SSSR count). The molecule has 0 aliphatic carbocycles. The van der Waals surface area contributed by atoms with Gasteiger partial charge in [0.2, 0.25) is 0 Å². The third kappa shape index (κ3) is 2.51. The molecule has 2 aromatic rings. The average Bonchev–Trinajstić information content (AvgIpc) is 2.98. The van der Waals surface area contributed by atoms with Gasteiger partial charge in [0.15, 0.2) is 5.65 Å². The summed E-state index contributed by atoms with van der Waals surface area (Å²) < 4.78 is 6.72. The first-order valence-electron chi connectivity index (χ1n) is 7.39. The number of pyridine rings is 1. The number of ether oxygens (including phenoxy) is 1. The summed E-state index contributed by atoms with van der Waals surface area (Å²) in [7, 11) is 1.39. The predicted octanol–water partition coefficient (Wildman–Crippen LogP) is 1.72. The standard InChI is InChI=1S/C15H20N4O2/c1-3-18-9-5-6-11(10-18)14-17-16-13-8-4-7-12(19(13)14)15(20)21-2/h4,7-8,11H,3,5-6,9-10H2,1-2H3. The summed E-state index contributed by atoms with van der Waals surface area (Å²) in [5.74, 6) is 0.813. The summed E-state index contributed by atoms with van der Waals surface area (Å²) in [6.45, 7) is 5.31. The van der Waals surface area contributed by atoms with E-state index in [4.69, 9.17) is 4.74 Å². The molecule has 2 aromatic heterocycles. The Morgan fingerprint density at radius 2 is 2.29 bits per heavy atom. The van der Waals surface area contributed by atoms with Gasteiger partial charge in [-0.1, -0.05) is 13.0 Å². The van der Waals surface area contributed by atoms with Crippen molar-refractivity contribution in [2.75, 3.05) is 26.7 Å². The number of carbonyl (C=O) groups excluding carboxylic acids is 1. The second-order valence-corrected chi connectivity index (χ2v) is 5.39. The van der Waals surface area contributed by atoms with Crippen LogP contribution in [0.1, 0.15) is 42.0 Å². The number of piperidine rings is 1. The van der Waals surface area contributed by atoms with Crippen molar-refractivity contribution in [1.29, 1.82) is 0 Å². The molecule has 0 bridgehead atoms. The van der Waals surface area contributed by atoms with Crippen LogP contribution in [0.3, 0.4) is 0 Å². The van der Waals surface area contributed by atoms with E-state index >= 15 is 0 Å². The lowest BCUT2D eigenvalue weighted by Gasteiger charge is -2.30. The zero-order valence-electron chi connectivity index (χ0n) is 12.5. The highest BCUT2D eigenvalue weighted by Gasteiger charge is 2.26. The Morgan fingerprint density at radius 1 is 1.43 bits per heavy atom. The molecular formula is C15H20N4O2. The Labute approximate surface area is 123 Å². The molecule has 6 nitrogen and oxygen atoms in total. The predicted molar refractivity (Wildman–Crippen MR) is 78.4 cm³/mol. The fraction of sp³-hybridized carbons (Fsp3) is 0.533. The fourth-order valence-electron chi connectivity index (χ4n) is 3.05. The molecule has 1 atom stereocenters. The quantitative estimate of drug-likeness (QED) is 0.805. The van der Waals surface area contributed by atoms with Crippen molar-refractivity contribution in [3.63, 3.8) is 0 Å². The van der Waals surface area contributed by atoms with E-state index in [1.165, 1.54) is 7.11 Å². The molecule has 0 spiro atoms. The van der Waals surface area contributed by atoms with Crippen molar-refractivity contribution >= 4 is 11.6 Å². The molecule has 6 heteroatoms. The molecule has 1 aliphatic rings. The highest BCUT2D eigenvalue weighted by Crippen LogP contribution is 2.26. The summed E-state index contributed by atoms with van der Waals surface area (Å²) in [5.41, 5.74) is 1.19. The zero-order chi connectivity index (χ0) is 14.8. The molecule has 112 valence electrons. The van der Waals surface area contributed by atoms with Gasteiger partial charge >= 0.3 is 5.97 Å². The minimum absolute atomic E-state index is 0.305. The van der Waals surface area contributed by atoms with Crippen molar-refractivity contribution in [3.05, 3.63) is 29.7 Å². The molecule has 1 fully saturated rings. The van der Waals surface area contributed by atoms with Crippen molar-refractivity contribution in [1.82, 2.24) is 19.5 Å². The van der Waals surface area contributed by atoms with Gasteiger partial charge in [0.05, 0.1) is 7.11 Å². The van der Waals surface area contributed by atoms with Gasteiger partial charge in [0.1, 0.15) is 11.5 Å². The molecule has 0 radical (unpaired) electrons. The van der Waals surface area contributed by atoms with Crippen molar-refractivity contribution < 1.29 is 9.53 Å². The number of hydrogen-bond donors (Lipinski definition) is 0. The summed E-state index contributed by atoms with van der Waals surface area (Å²) in [4.78, 5) is 14.4. The van der Waals surface area contributed by atoms with Crippen molar-refractivity contribution in [2.45, 2.75) is 25.7 Å². The lowest BCUT2D eigenvalue weighted by atomic mass is 9.97. The molecule has 1 unspecified atom stereocenters. The van der Waals surface area contributed by atoms with E-state index < -0.39 is 0 Å². The Kier molecular flexibility index (Phi) is 3.88. The molecule has 0 N–H and O–H groups in total. The first kappa shape index (κ1) is 14.0. The van der Waals surface area contributed by atoms with Gasteiger partial charge in [-0.25, -0.2) is 4.79 Å². The Hall–Kier alpha value is -1.95. The molecule has 0 saturated carbocycles. The number of likely N-dealkylation sites (tertiary alicyclic amines) is 1. The summed E-state index contributed by atoms with van der Waals surface area (Å²) in [6, 6.07) is 5.43. The lowest BCUT2D eigenvalue weighted by molar-refractivity contribution is 0.0591. The maximum Gasteiger partial charge on any atom is 0.355 e. The van der Waals surface area contributed by atoms with E-state index in [1.807, 2.05) is 10.5 Å². The zero-order valence-corrected chi connectivity index (χ0v) is 12.5. The molecule has 0 amide bonds. The second kappa shape index (κ2) is 5.81. The average molecular weight is 288 g/mol. The number of nitrogens with zero attached hydrogens (tertiary/aromatic N) is 4. The van der Waals surface area contributed by atoms with Crippen LogP contribution in [0.5, 0.6) is 0 Å². The SMILES string of the molecule is CCN1CCCC(c2nnc3cccc(C(=O)OC)n23)C1. The van der Waals surface area contributed by atoms with Gasteiger partial charge in [-0.2, -0.15) is 0 Å². The van der Waals surface area contributed by atoms with Crippen LogP contribution in [0, 0.1) is 0 Å². The Morgan fingerprint density at radius 3 is 3.05 bits per heavy atom. The number of hydrogen-bond acceptors (Lipinski definition) is 5. The van der Waals surface area contributed by atoms with E-state index in [-0.39, 0.29) is 5.97 Å². The summed E-state index contributed by atoms with van der Waals surface area (Å²) in [6.07, 6.45) is 2.22. The molecular weight excluding hydrogens is 268 g/mol. The number of likely N-dealkylation sites (N-methyl/N-ethyl adjacent to an activating group) is 1. The van der Waals surface area contributed by atoms with Crippen LogP contribution in [0.4, 0.5) is 0 Å². The van der Waals surface area contributed by atoms with Crippen LogP contribution < -0.4 is 0 Å². The molecule has 1 saturated heterocycles. The van der Waals surface area contributed by atoms with Crippen LogP contribution in [0.2, 0.25) is 0 Å². The van der Waals surface area contributed by atoms with Gasteiger partial charge in [-0.3, -0.25) is 4.40 Å². The number of methoxy groups -OCH3 is 1.